The summed E-state index contributed by atoms with van der Waals surface area (Å²) in [5.41, 5.74) is 7.29. The molecular formula is C15H20N2O2S. The van der Waals surface area contributed by atoms with Crippen LogP contribution in [0.15, 0.2) is 24.3 Å². The van der Waals surface area contributed by atoms with Gasteiger partial charge in [-0.05, 0) is 17.9 Å². The lowest BCUT2D eigenvalue weighted by atomic mass is 10.0. The monoisotopic (exact) mass is 292 g/mol. The molecule has 20 heavy (non-hydrogen) atoms. The largest absolute Gasteiger partial charge is 0.394 e. The number of hydrogen-bond donors (Lipinski definition) is 2. The Hall–Kier alpha value is -1.46. The molecule has 0 radical (unpaired) electrons. The van der Waals surface area contributed by atoms with Gasteiger partial charge in [0.1, 0.15) is 4.99 Å². The Morgan fingerprint density at radius 1 is 1.45 bits per heavy atom. The second-order valence-electron chi connectivity index (χ2n) is 5.34. The molecule has 1 heterocycles. The summed E-state index contributed by atoms with van der Waals surface area (Å²) in [5.74, 6) is 0.428. The summed E-state index contributed by atoms with van der Waals surface area (Å²) in [6.45, 7) is 2.84. The number of benzene rings is 1. The first kappa shape index (κ1) is 14.9. The van der Waals surface area contributed by atoms with E-state index in [1.807, 2.05) is 24.3 Å². The van der Waals surface area contributed by atoms with Crippen molar-refractivity contribution in [2.75, 3.05) is 13.2 Å². The molecule has 1 aromatic carbocycles. The average molecular weight is 292 g/mol. The van der Waals surface area contributed by atoms with E-state index in [-0.39, 0.29) is 18.6 Å². The van der Waals surface area contributed by atoms with E-state index >= 15 is 0 Å². The number of carbonyl (C=O) groups excluding carboxylic acids is 1. The Balaban J connectivity index is 2.02. The molecule has 0 spiro atoms. The van der Waals surface area contributed by atoms with Gasteiger partial charge in [-0.25, -0.2) is 0 Å². The van der Waals surface area contributed by atoms with Crippen molar-refractivity contribution >= 4 is 23.1 Å². The van der Waals surface area contributed by atoms with Crippen LogP contribution in [0.5, 0.6) is 0 Å². The highest BCUT2D eigenvalue weighted by Crippen LogP contribution is 2.24. The van der Waals surface area contributed by atoms with Gasteiger partial charge in [0.15, 0.2) is 0 Å². The third-order valence-electron chi connectivity index (χ3n) is 3.98. The molecule has 1 aliphatic heterocycles. The Bertz CT molecular complexity index is 501. The molecule has 0 saturated carbocycles. The number of carbonyl (C=O) groups is 1. The van der Waals surface area contributed by atoms with Crippen molar-refractivity contribution in [3.05, 3.63) is 35.4 Å². The van der Waals surface area contributed by atoms with E-state index in [4.69, 9.17) is 18.0 Å². The zero-order valence-electron chi connectivity index (χ0n) is 11.6. The molecule has 0 bridgehead atoms. The zero-order chi connectivity index (χ0) is 14.7. The van der Waals surface area contributed by atoms with E-state index in [2.05, 4.69) is 6.92 Å². The van der Waals surface area contributed by atoms with Gasteiger partial charge in [0, 0.05) is 12.1 Å². The molecule has 108 valence electrons. The number of amides is 1. The molecule has 1 fully saturated rings. The molecule has 2 rings (SSSR count). The number of nitrogens with zero attached hydrogens (tertiary/aromatic N) is 1. The van der Waals surface area contributed by atoms with Crippen molar-refractivity contribution in [2.24, 2.45) is 11.7 Å². The van der Waals surface area contributed by atoms with Gasteiger partial charge in [-0.1, -0.05) is 43.4 Å². The SMILES string of the molecule is CC1CCN(C(=O)Cc2ccc(C(N)=S)cc2)C1CO. The quantitative estimate of drug-likeness (QED) is 0.815. The van der Waals surface area contributed by atoms with Gasteiger partial charge in [-0.15, -0.1) is 0 Å². The number of nitrogens with two attached hydrogens (primary N) is 1. The predicted molar refractivity (Wildman–Crippen MR) is 82.4 cm³/mol. The van der Waals surface area contributed by atoms with Crippen LogP contribution in [0.1, 0.15) is 24.5 Å². The number of aliphatic hydroxyl groups is 1. The van der Waals surface area contributed by atoms with E-state index in [1.165, 1.54) is 0 Å². The molecule has 1 amide bonds. The molecule has 1 aromatic rings. The Labute approximate surface area is 124 Å². The highest BCUT2D eigenvalue weighted by atomic mass is 32.1. The highest BCUT2D eigenvalue weighted by molar-refractivity contribution is 7.80. The van der Waals surface area contributed by atoms with Gasteiger partial charge in [-0.2, -0.15) is 0 Å². The van der Waals surface area contributed by atoms with Crippen molar-refractivity contribution in [1.29, 1.82) is 0 Å². The summed E-state index contributed by atoms with van der Waals surface area (Å²) in [7, 11) is 0. The number of thiocarbonyl (C=S) groups is 1. The minimum atomic E-state index is -0.0432. The Morgan fingerprint density at radius 2 is 2.10 bits per heavy atom. The first-order chi connectivity index (χ1) is 9.52. The zero-order valence-corrected chi connectivity index (χ0v) is 12.4. The second kappa shape index (κ2) is 6.33. The van der Waals surface area contributed by atoms with Crippen LogP contribution in [0, 0.1) is 5.92 Å². The Morgan fingerprint density at radius 3 is 2.65 bits per heavy atom. The summed E-state index contributed by atoms with van der Waals surface area (Å²) in [5, 5.41) is 9.40. The lowest BCUT2D eigenvalue weighted by Crippen LogP contribution is -2.40. The van der Waals surface area contributed by atoms with Gasteiger partial charge in [0.25, 0.3) is 0 Å². The molecule has 4 nitrogen and oxygen atoms in total. The molecule has 1 aliphatic rings. The van der Waals surface area contributed by atoms with Crippen LogP contribution < -0.4 is 5.73 Å². The molecule has 2 atom stereocenters. The number of rotatable bonds is 4. The minimum absolute atomic E-state index is 0.0350. The fraction of sp³-hybridized carbons (Fsp3) is 0.467. The third kappa shape index (κ3) is 3.16. The number of aliphatic hydroxyl groups excluding tert-OH is 1. The van der Waals surface area contributed by atoms with Crippen molar-refractivity contribution in [1.82, 2.24) is 4.90 Å². The van der Waals surface area contributed by atoms with E-state index in [1.54, 1.807) is 4.90 Å². The van der Waals surface area contributed by atoms with Gasteiger partial charge < -0.3 is 15.7 Å². The third-order valence-corrected chi connectivity index (χ3v) is 4.22. The molecule has 2 unspecified atom stereocenters. The first-order valence-corrected chi connectivity index (χ1v) is 7.23. The van der Waals surface area contributed by atoms with Crippen molar-refractivity contribution in [3.8, 4) is 0 Å². The average Bonchev–Trinajstić information content (AvgIpc) is 2.80. The number of likely N-dealkylation sites (tertiary alicyclic amines) is 1. The van der Waals surface area contributed by atoms with Crippen LogP contribution >= 0.6 is 12.2 Å². The lowest BCUT2D eigenvalue weighted by Gasteiger charge is -2.25. The highest BCUT2D eigenvalue weighted by Gasteiger charge is 2.33. The van der Waals surface area contributed by atoms with Crippen LogP contribution in [0.25, 0.3) is 0 Å². The van der Waals surface area contributed by atoms with Crippen LogP contribution in [-0.4, -0.2) is 40.1 Å². The topological polar surface area (TPSA) is 66.6 Å². The Kier molecular flexibility index (Phi) is 4.73. The summed E-state index contributed by atoms with van der Waals surface area (Å²) in [6, 6.07) is 7.38. The van der Waals surface area contributed by atoms with Crippen molar-refractivity contribution < 1.29 is 9.90 Å². The van der Waals surface area contributed by atoms with Crippen LogP contribution in [0.4, 0.5) is 0 Å². The first-order valence-electron chi connectivity index (χ1n) is 6.82. The van der Waals surface area contributed by atoms with E-state index in [0.29, 0.717) is 17.3 Å². The maximum atomic E-state index is 12.3. The molecule has 0 aliphatic carbocycles. The van der Waals surface area contributed by atoms with Crippen molar-refractivity contribution in [2.45, 2.75) is 25.8 Å². The fourth-order valence-electron chi connectivity index (χ4n) is 2.66. The minimum Gasteiger partial charge on any atom is -0.394 e. The second-order valence-corrected chi connectivity index (χ2v) is 5.78. The lowest BCUT2D eigenvalue weighted by molar-refractivity contribution is -0.132. The van der Waals surface area contributed by atoms with Crippen molar-refractivity contribution in [3.63, 3.8) is 0 Å². The van der Waals surface area contributed by atoms with E-state index in [9.17, 15) is 9.90 Å². The summed E-state index contributed by atoms with van der Waals surface area (Å²) < 4.78 is 0. The summed E-state index contributed by atoms with van der Waals surface area (Å²) in [6.07, 6.45) is 1.30. The maximum Gasteiger partial charge on any atom is 0.227 e. The summed E-state index contributed by atoms with van der Waals surface area (Å²) in [4.78, 5) is 14.5. The van der Waals surface area contributed by atoms with Crippen LogP contribution in [-0.2, 0) is 11.2 Å². The molecule has 1 saturated heterocycles. The predicted octanol–water partition coefficient (Wildman–Crippen LogP) is 1.09. The van der Waals surface area contributed by atoms with Gasteiger partial charge >= 0.3 is 0 Å². The van der Waals surface area contributed by atoms with Gasteiger partial charge in [0.05, 0.1) is 19.1 Å². The molecule has 3 N–H and O–H groups in total. The van der Waals surface area contributed by atoms with E-state index < -0.39 is 0 Å². The fourth-order valence-corrected chi connectivity index (χ4v) is 2.80. The maximum absolute atomic E-state index is 12.3. The van der Waals surface area contributed by atoms with Crippen LogP contribution in [0.3, 0.4) is 0 Å². The smallest absolute Gasteiger partial charge is 0.227 e. The molecule has 0 aromatic heterocycles. The molecule has 5 heteroatoms. The van der Waals surface area contributed by atoms with Gasteiger partial charge in [0.2, 0.25) is 5.91 Å². The number of hydrogen-bond acceptors (Lipinski definition) is 3. The molecular weight excluding hydrogens is 272 g/mol. The van der Waals surface area contributed by atoms with Gasteiger partial charge in [-0.3, -0.25) is 4.79 Å². The normalized spacial score (nSPS) is 22.0. The summed E-state index contributed by atoms with van der Waals surface area (Å²) >= 11 is 4.90. The standard InChI is InChI=1S/C15H20N2O2S/c1-10-6-7-17(13(10)9-18)14(19)8-11-2-4-12(5-3-11)15(16)20/h2-5,10,13,18H,6-9H2,1H3,(H2,16,20). The van der Waals surface area contributed by atoms with E-state index in [0.717, 1.165) is 24.1 Å². The van der Waals surface area contributed by atoms with Crippen LogP contribution in [0.2, 0.25) is 0 Å².